The van der Waals surface area contributed by atoms with Crippen molar-refractivity contribution in [3.8, 4) is 0 Å². The maximum atomic E-state index is 13.5. The highest BCUT2D eigenvalue weighted by Gasteiger charge is 2.34. The van der Waals surface area contributed by atoms with Gasteiger partial charge in [0, 0.05) is 12.1 Å². The van der Waals surface area contributed by atoms with Crippen molar-refractivity contribution in [3.63, 3.8) is 0 Å². The Hall–Kier alpha value is -3.17. The Morgan fingerprint density at radius 3 is 2.50 bits per heavy atom. The molecule has 2 heterocycles. The summed E-state index contributed by atoms with van der Waals surface area (Å²) in [6, 6.07) is 1.28. The van der Waals surface area contributed by atoms with Crippen LogP contribution in [-0.2, 0) is 11.3 Å². The fourth-order valence-corrected chi connectivity index (χ4v) is 3.98. The maximum Gasteiger partial charge on any atom is 0.573 e. The lowest BCUT2D eigenvalue weighted by atomic mass is 10.0. The van der Waals surface area contributed by atoms with Gasteiger partial charge in [-0.1, -0.05) is 56.7 Å². The molecule has 1 aromatic rings. The molecule has 10 heteroatoms. The fraction of sp³-hybridized carbons (Fsp3) is 0.464. The second kappa shape index (κ2) is 14.1. The molecule has 2 rings (SSSR count). The van der Waals surface area contributed by atoms with Gasteiger partial charge in [0.1, 0.15) is 5.76 Å². The molecule has 4 nitrogen and oxygen atoms in total. The molecule has 1 aliphatic rings. The Morgan fingerprint density at radius 1 is 1.16 bits per heavy atom. The largest absolute Gasteiger partial charge is 0.573 e. The molecule has 1 unspecified atom stereocenters. The van der Waals surface area contributed by atoms with E-state index in [0.29, 0.717) is 36.3 Å². The monoisotopic (exact) mass is 543 g/mol. The number of hydrogen-bond donors (Lipinski definition) is 1. The minimum atomic E-state index is -4.87. The number of aryl methyl sites for hydroxylation is 1. The SMILES string of the molecule is C\C=C/C(=C\C(=C\CC)C(F)(F)F)c1cc2n(n1)CCCC2N/C(C)=C(/C=C\C=C\CCC)OC(F)(F)F. The van der Waals surface area contributed by atoms with E-state index in [0.717, 1.165) is 25.0 Å². The highest BCUT2D eigenvalue weighted by Crippen LogP contribution is 2.33. The third kappa shape index (κ3) is 9.61. The van der Waals surface area contributed by atoms with Crippen molar-refractivity contribution in [1.82, 2.24) is 15.1 Å². The zero-order valence-electron chi connectivity index (χ0n) is 22.1. The van der Waals surface area contributed by atoms with E-state index in [9.17, 15) is 26.3 Å². The van der Waals surface area contributed by atoms with Crippen LogP contribution in [0.4, 0.5) is 26.3 Å². The van der Waals surface area contributed by atoms with E-state index in [4.69, 9.17) is 0 Å². The summed E-state index contributed by atoms with van der Waals surface area (Å²) in [4.78, 5) is 0. The Balaban J connectivity index is 2.43. The molecule has 38 heavy (non-hydrogen) atoms. The number of rotatable bonds is 11. The number of fused-ring (bicyclic) bond motifs is 1. The second-order valence-corrected chi connectivity index (χ2v) is 8.79. The average molecular weight is 544 g/mol. The first-order chi connectivity index (χ1) is 17.9. The molecule has 1 aromatic heterocycles. The van der Waals surface area contributed by atoms with Crippen molar-refractivity contribution < 1.29 is 31.1 Å². The predicted molar refractivity (Wildman–Crippen MR) is 138 cm³/mol. The van der Waals surface area contributed by atoms with E-state index in [2.05, 4.69) is 15.2 Å². The van der Waals surface area contributed by atoms with E-state index in [1.54, 1.807) is 42.8 Å². The summed E-state index contributed by atoms with van der Waals surface area (Å²) in [6.45, 7) is 7.36. The lowest BCUT2D eigenvalue weighted by Gasteiger charge is -2.26. The van der Waals surface area contributed by atoms with E-state index in [1.807, 2.05) is 13.0 Å². The summed E-state index contributed by atoms with van der Waals surface area (Å²) in [6.07, 6.45) is 5.48. The smallest absolute Gasteiger partial charge is 0.404 e. The maximum absolute atomic E-state index is 13.5. The number of nitrogens with zero attached hydrogens (tertiary/aromatic N) is 2. The van der Waals surface area contributed by atoms with Gasteiger partial charge in [0.25, 0.3) is 0 Å². The number of ether oxygens (including phenoxy) is 1. The molecule has 1 N–H and O–H groups in total. The first-order valence-electron chi connectivity index (χ1n) is 12.7. The normalized spacial score (nSPS) is 18.4. The van der Waals surface area contributed by atoms with Crippen LogP contribution in [0.2, 0.25) is 0 Å². The zero-order valence-corrected chi connectivity index (χ0v) is 22.1. The predicted octanol–water partition coefficient (Wildman–Crippen LogP) is 8.85. The van der Waals surface area contributed by atoms with Crippen LogP contribution < -0.4 is 5.32 Å². The van der Waals surface area contributed by atoms with Gasteiger partial charge < -0.3 is 10.1 Å². The van der Waals surface area contributed by atoms with Crippen molar-refractivity contribution >= 4 is 5.57 Å². The van der Waals surface area contributed by atoms with Crippen LogP contribution in [0.5, 0.6) is 0 Å². The molecule has 0 radical (unpaired) electrons. The summed E-state index contributed by atoms with van der Waals surface area (Å²) in [5.41, 5.74) is 0.735. The van der Waals surface area contributed by atoms with Gasteiger partial charge in [-0.05, 0) is 57.7 Å². The van der Waals surface area contributed by atoms with Gasteiger partial charge in [-0.15, -0.1) is 13.2 Å². The highest BCUT2D eigenvalue weighted by molar-refractivity contribution is 5.74. The average Bonchev–Trinajstić information content (AvgIpc) is 3.26. The molecule has 0 aliphatic carbocycles. The van der Waals surface area contributed by atoms with E-state index < -0.39 is 24.2 Å². The van der Waals surface area contributed by atoms with Crippen LogP contribution in [0.1, 0.15) is 77.2 Å². The van der Waals surface area contributed by atoms with Gasteiger partial charge in [-0.25, -0.2) is 0 Å². The van der Waals surface area contributed by atoms with Crippen molar-refractivity contribution in [2.24, 2.45) is 0 Å². The molecule has 0 saturated heterocycles. The van der Waals surface area contributed by atoms with Gasteiger partial charge in [0.05, 0.1) is 28.7 Å². The first-order valence-corrected chi connectivity index (χ1v) is 12.7. The number of allylic oxidation sites excluding steroid dienone is 11. The fourth-order valence-electron chi connectivity index (χ4n) is 3.98. The van der Waals surface area contributed by atoms with Crippen LogP contribution in [0.3, 0.4) is 0 Å². The number of halogens is 6. The molecule has 0 fully saturated rings. The van der Waals surface area contributed by atoms with E-state index >= 15 is 0 Å². The Labute approximate surface area is 220 Å². The zero-order chi connectivity index (χ0) is 28.3. The Bertz CT molecular complexity index is 1100. The van der Waals surface area contributed by atoms with Crippen LogP contribution >= 0.6 is 0 Å². The van der Waals surface area contributed by atoms with Crippen molar-refractivity contribution in [1.29, 1.82) is 0 Å². The number of hydrogen-bond acceptors (Lipinski definition) is 3. The van der Waals surface area contributed by atoms with Crippen LogP contribution in [0, 0.1) is 0 Å². The standard InChI is InChI=1S/C28H35F6N3O/c1-5-8-9-10-11-16-26(38-28(32,33)34)20(4)35-23-15-12-17-37-25(23)19-24(36-37)21(13-6-2)18-22(14-7-3)27(29,30)31/h6,9-11,13-14,16,18-19,23,35H,5,7-8,12,15,17H2,1-4H3/b10-9+,13-6-,16-11-,21-18+,22-14-,26-20-. The van der Waals surface area contributed by atoms with Crippen LogP contribution in [0.15, 0.2) is 71.7 Å². The lowest BCUT2D eigenvalue weighted by Crippen LogP contribution is -2.28. The first kappa shape index (κ1) is 31.1. The molecule has 0 bridgehead atoms. The molecule has 0 saturated carbocycles. The summed E-state index contributed by atoms with van der Waals surface area (Å²) >= 11 is 0. The third-order valence-electron chi connectivity index (χ3n) is 5.67. The van der Waals surface area contributed by atoms with Gasteiger partial charge in [-0.3, -0.25) is 4.68 Å². The molecule has 1 aliphatic heterocycles. The van der Waals surface area contributed by atoms with Crippen LogP contribution in [0.25, 0.3) is 5.57 Å². The molecular formula is C28H35F6N3O. The minimum Gasteiger partial charge on any atom is -0.404 e. The highest BCUT2D eigenvalue weighted by atomic mass is 19.4. The Kier molecular flexibility index (Phi) is 11.5. The summed E-state index contributed by atoms with van der Waals surface area (Å²) in [5.74, 6) is -0.371. The lowest BCUT2D eigenvalue weighted by molar-refractivity contribution is -0.303. The molecular weight excluding hydrogens is 508 g/mol. The van der Waals surface area contributed by atoms with Crippen molar-refractivity contribution in [2.75, 3.05) is 0 Å². The third-order valence-corrected chi connectivity index (χ3v) is 5.67. The van der Waals surface area contributed by atoms with Gasteiger partial charge in [-0.2, -0.15) is 18.3 Å². The van der Waals surface area contributed by atoms with Crippen molar-refractivity contribution in [2.45, 2.75) is 84.9 Å². The second-order valence-electron chi connectivity index (χ2n) is 8.79. The summed E-state index contributed by atoms with van der Waals surface area (Å²) in [5, 5.41) is 7.63. The van der Waals surface area contributed by atoms with Gasteiger partial charge in [0.2, 0.25) is 0 Å². The summed E-state index contributed by atoms with van der Waals surface area (Å²) < 4.78 is 85.7. The molecule has 0 spiro atoms. The Morgan fingerprint density at radius 2 is 1.89 bits per heavy atom. The van der Waals surface area contributed by atoms with Gasteiger partial charge in [0.15, 0.2) is 0 Å². The van der Waals surface area contributed by atoms with Crippen molar-refractivity contribution in [3.05, 3.63) is 83.1 Å². The number of aromatic nitrogens is 2. The summed E-state index contributed by atoms with van der Waals surface area (Å²) in [7, 11) is 0. The topological polar surface area (TPSA) is 39.1 Å². The number of nitrogens with one attached hydrogen (secondary N) is 1. The van der Waals surface area contributed by atoms with Crippen LogP contribution in [-0.4, -0.2) is 22.3 Å². The number of unbranched alkanes of at least 4 members (excludes halogenated alkanes) is 1. The molecule has 0 aromatic carbocycles. The molecule has 1 atom stereocenters. The number of alkyl halides is 6. The van der Waals surface area contributed by atoms with E-state index in [1.165, 1.54) is 19.1 Å². The molecule has 210 valence electrons. The molecule has 0 amide bonds. The minimum absolute atomic E-state index is 0.179. The quantitative estimate of drug-likeness (QED) is 0.172. The van der Waals surface area contributed by atoms with Gasteiger partial charge >= 0.3 is 12.5 Å². The van der Waals surface area contributed by atoms with E-state index in [-0.39, 0.29) is 17.9 Å².